The Morgan fingerprint density at radius 3 is 2.44 bits per heavy atom. The van der Waals surface area contributed by atoms with Crippen molar-refractivity contribution in [3.8, 4) is 0 Å². The van der Waals surface area contributed by atoms with Crippen molar-refractivity contribution in [3.05, 3.63) is 0 Å². The molecule has 0 aromatic carbocycles. The molecule has 4 nitrogen and oxygen atoms in total. The molecule has 0 aliphatic rings. The van der Waals surface area contributed by atoms with Crippen LogP contribution in [0.5, 0.6) is 0 Å². The minimum absolute atomic E-state index is 0.450. The van der Waals surface area contributed by atoms with E-state index < -0.39 is 12.0 Å². The van der Waals surface area contributed by atoms with Gasteiger partial charge in [0.25, 0.3) is 0 Å². The number of aliphatic carboxylic acids is 1. The molecule has 0 spiro atoms. The molecular formula is C5H11NO3. The first-order valence-electron chi connectivity index (χ1n) is 2.84. The van der Waals surface area contributed by atoms with E-state index >= 15 is 0 Å². The summed E-state index contributed by atoms with van der Waals surface area (Å²) in [5.74, 6) is -1.01. The molecule has 3 N–H and O–H groups in total. The molecule has 0 rings (SSSR count). The van der Waals surface area contributed by atoms with Crippen LogP contribution in [0, 0.1) is 0 Å². The zero-order chi connectivity index (χ0) is 7.28. The predicted molar refractivity (Wildman–Crippen MR) is 31.3 cm³/mol. The Balaban J connectivity index is 3.54. The van der Waals surface area contributed by atoms with Crippen molar-refractivity contribution in [1.82, 2.24) is 5.48 Å². The van der Waals surface area contributed by atoms with Gasteiger partial charge in [-0.1, -0.05) is 13.3 Å². The van der Waals surface area contributed by atoms with Gasteiger partial charge in [-0.25, -0.2) is 0 Å². The van der Waals surface area contributed by atoms with Gasteiger partial charge in [-0.2, -0.15) is 5.48 Å². The van der Waals surface area contributed by atoms with Gasteiger partial charge in [0, 0.05) is 0 Å². The maximum Gasteiger partial charge on any atom is 0.323 e. The van der Waals surface area contributed by atoms with Crippen LogP contribution in [-0.4, -0.2) is 22.3 Å². The van der Waals surface area contributed by atoms with Gasteiger partial charge in [-0.05, 0) is 6.42 Å². The Bertz CT molecular complexity index is 94.2. The monoisotopic (exact) mass is 133 g/mol. The first-order chi connectivity index (χ1) is 4.22. The molecule has 0 heterocycles. The highest BCUT2D eigenvalue weighted by molar-refractivity contribution is 5.73. The molecule has 0 aliphatic heterocycles. The third-order valence-corrected chi connectivity index (χ3v) is 1.03. The summed E-state index contributed by atoms with van der Waals surface area (Å²) in [5, 5.41) is 16.5. The van der Waals surface area contributed by atoms with E-state index in [0.717, 1.165) is 6.42 Å². The molecule has 0 radical (unpaired) electrons. The lowest BCUT2D eigenvalue weighted by Crippen LogP contribution is -2.33. The van der Waals surface area contributed by atoms with E-state index in [2.05, 4.69) is 0 Å². The molecule has 0 aliphatic carbocycles. The summed E-state index contributed by atoms with van der Waals surface area (Å²) in [7, 11) is 0. The lowest BCUT2D eigenvalue weighted by molar-refractivity contribution is -0.142. The summed E-state index contributed by atoms with van der Waals surface area (Å²) in [5.41, 5.74) is 1.70. The summed E-state index contributed by atoms with van der Waals surface area (Å²) in [6.07, 6.45) is 1.19. The Labute approximate surface area is 53.5 Å². The zero-order valence-electron chi connectivity index (χ0n) is 5.29. The highest BCUT2D eigenvalue weighted by Crippen LogP contribution is 1.94. The average Bonchev–Trinajstić information content (AvgIpc) is 1.82. The van der Waals surface area contributed by atoms with Gasteiger partial charge in [-0.15, -0.1) is 0 Å². The van der Waals surface area contributed by atoms with Crippen molar-refractivity contribution >= 4 is 5.97 Å². The molecule has 9 heavy (non-hydrogen) atoms. The van der Waals surface area contributed by atoms with Crippen molar-refractivity contribution in [3.63, 3.8) is 0 Å². The van der Waals surface area contributed by atoms with E-state index in [9.17, 15) is 4.79 Å². The molecule has 0 fully saturated rings. The summed E-state index contributed by atoms with van der Waals surface area (Å²) in [6, 6.07) is -0.810. The van der Waals surface area contributed by atoms with Crippen LogP contribution in [0.25, 0.3) is 0 Å². The quantitative estimate of drug-likeness (QED) is 0.480. The normalized spacial score (nSPS) is 13.1. The van der Waals surface area contributed by atoms with Crippen LogP contribution in [0.1, 0.15) is 19.8 Å². The number of nitrogens with one attached hydrogen (secondary N) is 1. The molecule has 0 unspecified atom stereocenters. The second-order valence-corrected chi connectivity index (χ2v) is 1.81. The first-order valence-corrected chi connectivity index (χ1v) is 2.84. The number of hydrogen-bond donors (Lipinski definition) is 3. The maximum absolute atomic E-state index is 10.1. The largest absolute Gasteiger partial charge is 0.480 e. The molecule has 0 aromatic rings. The highest BCUT2D eigenvalue weighted by Gasteiger charge is 2.13. The molecule has 0 aromatic heterocycles. The van der Waals surface area contributed by atoms with Gasteiger partial charge >= 0.3 is 5.97 Å². The molecule has 0 saturated heterocycles. The average molecular weight is 133 g/mol. The summed E-state index contributed by atoms with van der Waals surface area (Å²) >= 11 is 0. The highest BCUT2D eigenvalue weighted by atomic mass is 16.5. The fraction of sp³-hybridized carbons (Fsp3) is 0.800. The van der Waals surface area contributed by atoms with E-state index in [0.29, 0.717) is 6.42 Å². The second kappa shape index (κ2) is 4.29. The van der Waals surface area contributed by atoms with Gasteiger partial charge in [0.1, 0.15) is 6.04 Å². The number of hydroxylamine groups is 1. The molecule has 54 valence electrons. The zero-order valence-corrected chi connectivity index (χ0v) is 5.29. The van der Waals surface area contributed by atoms with Gasteiger partial charge in [-0.3, -0.25) is 4.79 Å². The topological polar surface area (TPSA) is 69.6 Å². The van der Waals surface area contributed by atoms with E-state index in [4.69, 9.17) is 10.3 Å². The van der Waals surface area contributed by atoms with Crippen molar-refractivity contribution in [2.75, 3.05) is 0 Å². The smallest absolute Gasteiger partial charge is 0.323 e. The SMILES string of the molecule is CCC[C@H](NO)C(=O)O. The minimum Gasteiger partial charge on any atom is -0.480 e. The lowest BCUT2D eigenvalue weighted by atomic mass is 10.2. The Morgan fingerprint density at radius 2 is 2.33 bits per heavy atom. The molecule has 0 saturated carbocycles. The van der Waals surface area contributed by atoms with Crippen molar-refractivity contribution in [1.29, 1.82) is 0 Å². The van der Waals surface area contributed by atoms with Crippen molar-refractivity contribution in [2.24, 2.45) is 0 Å². The fourth-order valence-electron chi connectivity index (χ4n) is 0.532. The Hall–Kier alpha value is -0.610. The third kappa shape index (κ3) is 3.05. The Morgan fingerprint density at radius 1 is 1.78 bits per heavy atom. The summed E-state index contributed by atoms with van der Waals surface area (Å²) in [6.45, 7) is 1.85. The van der Waals surface area contributed by atoms with Crippen molar-refractivity contribution in [2.45, 2.75) is 25.8 Å². The van der Waals surface area contributed by atoms with E-state index in [-0.39, 0.29) is 0 Å². The van der Waals surface area contributed by atoms with Crippen LogP contribution >= 0.6 is 0 Å². The third-order valence-electron chi connectivity index (χ3n) is 1.03. The van der Waals surface area contributed by atoms with Crippen LogP contribution in [0.3, 0.4) is 0 Å². The first kappa shape index (κ1) is 8.39. The number of rotatable bonds is 4. The number of carbonyl (C=O) groups is 1. The standard InChI is InChI=1S/C5H11NO3/c1-2-3-4(6-9)5(7)8/h4,6,9H,2-3H2,1H3,(H,7,8)/t4-/m0/s1. The van der Waals surface area contributed by atoms with Crippen LogP contribution in [0.4, 0.5) is 0 Å². The molecule has 1 atom stereocenters. The number of hydrogen-bond acceptors (Lipinski definition) is 3. The van der Waals surface area contributed by atoms with E-state index in [1.165, 1.54) is 0 Å². The molecule has 4 heteroatoms. The van der Waals surface area contributed by atoms with E-state index in [1.54, 1.807) is 5.48 Å². The molecule has 0 amide bonds. The van der Waals surface area contributed by atoms with Gasteiger partial charge in [0.2, 0.25) is 0 Å². The number of carboxylic acids is 1. The van der Waals surface area contributed by atoms with Gasteiger partial charge in [0.05, 0.1) is 0 Å². The lowest BCUT2D eigenvalue weighted by Gasteiger charge is -2.06. The summed E-state index contributed by atoms with van der Waals surface area (Å²) < 4.78 is 0. The maximum atomic E-state index is 10.1. The summed E-state index contributed by atoms with van der Waals surface area (Å²) in [4.78, 5) is 10.1. The second-order valence-electron chi connectivity index (χ2n) is 1.81. The van der Waals surface area contributed by atoms with Gasteiger partial charge < -0.3 is 10.3 Å². The minimum atomic E-state index is -1.01. The fourth-order valence-corrected chi connectivity index (χ4v) is 0.532. The molecule has 0 bridgehead atoms. The number of carboxylic acid groups (broad SMARTS) is 1. The van der Waals surface area contributed by atoms with Crippen LogP contribution in [0.2, 0.25) is 0 Å². The van der Waals surface area contributed by atoms with Crippen LogP contribution < -0.4 is 5.48 Å². The van der Waals surface area contributed by atoms with Gasteiger partial charge in [0.15, 0.2) is 0 Å². The van der Waals surface area contributed by atoms with Crippen LogP contribution in [0.15, 0.2) is 0 Å². The van der Waals surface area contributed by atoms with E-state index in [1.807, 2.05) is 6.92 Å². The Kier molecular flexibility index (Phi) is 4.00. The van der Waals surface area contributed by atoms with Crippen LogP contribution in [-0.2, 0) is 4.79 Å². The molecular weight excluding hydrogens is 122 g/mol. The predicted octanol–water partition coefficient (Wildman–Crippen LogP) is 0.218. The van der Waals surface area contributed by atoms with Crippen molar-refractivity contribution < 1.29 is 15.1 Å².